The van der Waals surface area contributed by atoms with E-state index in [2.05, 4.69) is 11.4 Å². The Morgan fingerprint density at radius 2 is 1.67 bits per heavy atom. The molecule has 4 rings (SSSR count). The molecule has 3 aromatic carbocycles. The number of aromatic nitrogens is 1. The van der Waals surface area contributed by atoms with Crippen LogP contribution < -0.4 is 5.32 Å². The van der Waals surface area contributed by atoms with E-state index in [0.29, 0.717) is 27.5 Å². The van der Waals surface area contributed by atoms with Gasteiger partial charge in [-0.2, -0.15) is 5.26 Å². The third-order valence-corrected chi connectivity index (χ3v) is 6.67. The second-order valence-corrected chi connectivity index (χ2v) is 9.42. The Morgan fingerprint density at radius 1 is 1.03 bits per heavy atom. The lowest BCUT2D eigenvalue weighted by Gasteiger charge is -2.16. The third kappa shape index (κ3) is 5.43. The van der Waals surface area contributed by atoms with Crippen molar-refractivity contribution in [2.45, 2.75) is 24.1 Å². The molecule has 1 amide bonds. The number of hydrogen-bond donors (Lipinski definition) is 1. The second kappa shape index (κ2) is 10.8. The van der Waals surface area contributed by atoms with E-state index < -0.39 is 10.2 Å². The Labute approximate surface area is 213 Å². The minimum absolute atomic E-state index is 0.0652. The molecule has 0 spiro atoms. The summed E-state index contributed by atoms with van der Waals surface area (Å²) in [6.07, 6.45) is 0. The Morgan fingerprint density at radius 3 is 2.28 bits per heavy atom. The fraction of sp³-hybridized carbons (Fsp3) is 0.107. The zero-order chi connectivity index (χ0) is 25.7. The molecular weight excluding hydrogens is 472 g/mol. The summed E-state index contributed by atoms with van der Waals surface area (Å²) < 4.78 is 0. The van der Waals surface area contributed by atoms with Gasteiger partial charge in [0.15, 0.2) is 0 Å². The summed E-state index contributed by atoms with van der Waals surface area (Å²) in [6.45, 7) is 3.35. The van der Waals surface area contributed by atoms with E-state index in [4.69, 9.17) is 4.98 Å². The van der Waals surface area contributed by atoms with Crippen molar-refractivity contribution in [1.29, 1.82) is 5.26 Å². The molecule has 1 aromatic heterocycles. The molecule has 0 aliphatic carbocycles. The summed E-state index contributed by atoms with van der Waals surface area (Å²) in [5.41, 5.74) is 4.36. The molecule has 0 saturated carbocycles. The van der Waals surface area contributed by atoms with Crippen LogP contribution in [-0.2, 0) is 4.79 Å². The van der Waals surface area contributed by atoms with Crippen LogP contribution in [-0.4, -0.2) is 21.1 Å². The van der Waals surface area contributed by atoms with Gasteiger partial charge in [0.2, 0.25) is 5.91 Å². The Balaban J connectivity index is 1.69. The summed E-state index contributed by atoms with van der Waals surface area (Å²) in [5.74, 6) is -0.352. The van der Waals surface area contributed by atoms with Gasteiger partial charge in [0.05, 0.1) is 21.4 Å². The molecule has 4 aromatic rings. The zero-order valence-electron chi connectivity index (χ0n) is 19.6. The molecule has 0 unspecified atom stereocenters. The predicted octanol–water partition coefficient (Wildman–Crippen LogP) is 6.62. The average molecular weight is 495 g/mol. The summed E-state index contributed by atoms with van der Waals surface area (Å²) >= 11 is 1.17. The van der Waals surface area contributed by atoms with Crippen molar-refractivity contribution in [2.24, 2.45) is 0 Å². The largest absolute Gasteiger partial charge is 0.325 e. The number of nitrogens with zero attached hydrogens (tertiary/aromatic N) is 3. The average Bonchev–Trinajstić information content (AvgIpc) is 2.90. The Bertz CT molecular complexity index is 1470. The van der Waals surface area contributed by atoms with Crippen LogP contribution in [0.2, 0.25) is 0 Å². The minimum atomic E-state index is -0.625. The fourth-order valence-corrected chi connectivity index (χ4v) is 4.59. The molecule has 8 heteroatoms. The number of amides is 1. The van der Waals surface area contributed by atoms with Crippen molar-refractivity contribution >= 4 is 29.0 Å². The van der Waals surface area contributed by atoms with Gasteiger partial charge in [-0.05, 0) is 31.5 Å². The van der Waals surface area contributed by atoms with Crippen LogP contribution >= 0.6 is 11.8 Å². The van der Waals surface area contributed by atoms with E-state index in [0.717, 1.165) is 16.7 Å². The normalized spacial score (nSPS) is 11.4. The molecule has 0 saturated heterocycles. The maximum absolute atomic E-state index is 13.0. The number of thioether (sulfide) groups is 1. The van der Waals surface area contributed by atoms with Crippen molar-refractivity contribution in [3.63, 3.8) is 0 Å². The van der Waals surface area contributed by atoms with Gasteiger partial charge in [0.1, 0.15) is 11.1 Å². The highest BCUT2D eigenvalue weighted by atomic mass is 32.2. The van der Waals surface area contributed by atoms with E-state index in [1.807, 2.05) is 66.7 Å². The number of carbonyl (C=O) groups is 1. The van der Waals surface area contributed by atoms with Gasteiger partial charge < -0.3 is 5.32 Å². The number of benzene rings is 3. The number of nitrogens with one attached hydrogen (secondary N) is 1. The number of nitro groups is 1. The van der Waals surface area contributed by atoms with Gasteiger partial charge in [0.25, 0.3) is 5.69 Å². The summed E-state index contributed by atoms with van der Waals surface area (Å²) in [5, 5.41) is 23.9. The molecule has 1 N–H and O–H groups in total. The second-order valence-electron chi connectivity index (χ2n) is 8.09. The first kappa shape index (κ1) is 24.6. The predicted molar refractivity (Wildman–Crippen MR) is 142 cm³/mol. The number of nitriles is 1. The molecule has 0 aliphatic heterocycles. The van der Waals surface area contributed by atoms with Gasteiger partial charge in [-0.3, -0.25) is 14.9 Å². The minimum Gasteiger partial charge on any atom is -0.325 e. The molecule has 0 bridgehead atoms. The summed E-state index contributed by atoms with van der Waals surface area (Å²) in [4.78, 5) is 28.5. The number of pyridine rings is 1. The summed E-state index contributed by atoms with van der Waals surface area (Å²) in [7, 11) is 0. The van der Waals surface area contributed by atoms with Crippen LogP contribution in [0.15, 0.2) is 90.0 Å². The highest BCUT2D eigenvalue weighted by Gasteiger charge is 2.22. The van der Waals surface area contributed by atoms with Crippen molar-refractivity contribution < 1.29 is 9.72 Å². The number of nitro benzene ring substituents is 1. The first-order valence-corrected chi connectivity index (χ1v) is 12.0. The third-order valence-electron chi connectivity index (χ3n) is 5.58. The number of carbonyl (C=O) groups excluding carboxylic acids is 1. The molecule has 0 fully saturated rings. The maximum Gasteiger partial charge on any atom is 0.274 e. The highest BCUT2D eigenvalue weighted by Crippen LogP contribution is 2.36. The molecule has 1 heterocycles. The number of hydrogen-bond acceptors (Lipinski definition) is 6. The molecule has 36 heavy (non-hydrogen) atoms. The number of anilines is 1. The van der Waals surface area contributed by atoms with Crippen LogP contribution in [0.5, 0.6) is 0 Å². The lowest BCUT2D eigenvalue weighted by molar-refractivity contribution is -0.385. The van der Waals surface area contributed by atoms with E-state index in [1.165, 1.54) is 17.8 Å². The monoisotopic (exact) mass is 494 g/mol. The molecule has 0 aliphatic rings. The SMILES string of the molecule is Cc1ccc(NC(=O)[C@H](C)Sc2nc(-c3ccccc3)cc(-c3ccccc3)c2C#N)cc1[N+](=O)[O-]. The standard InChI is InChI=1S/C28H22N4O3S/c1-18-13-14-22(15-26(18)32(34)35)30-27(33)19(2)36-28-24(17-29)23(20-9-5-3-6-10-20)16-25(31-28)21-11-7-4-8-12-21/h3-16,19H,1-2H3,(H,30,33)/t19-/m0/s1. The van der Waals surface area contributed by atoms with Crippen LogP contribution in [0, 0.1) is 28.4 Å². The Hall–Kier alpha value is -4.48. The van der Waals surface area contributed by atoms with Crippen molar-refractivity contribution in [3.05, 3.63) is 106 Å². The first-order valence-electron chi connectivity index (χ1n) is 11.2. The lowest BCUT2D eigenvalue weighted by atomic mass is 9.99. The van der Waals surface area contributed by atoms with Gasteiger partial charge >= 0.3 is 0 Å². The zero-order valence-corrected chi connectivity index (χ0v) is 20.5. The Kier molecular flexibility index (Phi) is 7.42. The highest BCUT2D eigenvalue weighted by molar-refractivity contribution is 8.00. The molecule has 0 radical (unpaired) electrons. The number of aryl methyl sites for hydroxylation is 1. The van der Waals surface area contributed by atoms with Crippen LogP contribution in [0.25, 0.3) is 22.4 Å². The topological polar surface area (TPSA) is 109 Å². The summed E-state index contributed by atoms with van der Waals surface area (Å²) in [6, 6.07) is 27.9. The molecule has 7 nitrogen and oxygen atoms in total. The first-order chi connectivity index (χ1) is 17.4. The van der Waals surface area contributed by atoms with Crippen LogP contribution in [0.1, 0.15) is 18.1 Å². The van der Waals surface area contributed by atoms with Crippen molar-refractivity contribution in [3.8, 4) is 28.5 Å². The van der Waals surface area contributed by atoms with E-state index >= 15 is 0 Å². The molecular formula is C28H22N4O3S. The van der Waals surface area contributed by atoms with Crippen LogP contribution in [0.3, 0.4) is 0 Å². The van der Waals surface area contributed by atoms with Crippen LogP contribution in [0.4, 0.5) is 11.4 Å². The number of rotatable bonds is 7. The fourth-order valence-electron chi connectivity index (χ4n) is 3.67. The quantitative estimate of drug-likeness (QED) is 0.176. The molecule has 1 atom stereocenters. The van der Waals surface area contributed by atoms with E-state index in [-0.39, 0.29) is 11.6 Å². The van der Waals surface area contributed by atoms with Gasteiger partial charge in [-0.15, -0.1) is 0 Å². The van der Waals surface area contributed by atoms with Gasteiger partial charge in [-0.1, -0.05) is 78.5 Å². The maximum atomic E-state index is 13.0. The molecule has 178 valence electrons. The van der Waals surface area contributed by atoms with Crippen molar-refractivity contribution in [2.75, 3.05) is 5.32 Å². The van der Waals surface area contributed by atoms with Gasteiger partial charge in [-0.25, -0.2) is 4.98 Å². The smallest absolute Gasteiger partial charge is 0.274 e. The van der Waals surface area contributed by atoms with Gasteiger partial charge in [0, 0.05) is 28.4 Å². The lowest BCUT2D eigenvalue weighted by Crippen LogP contribution is -2.22. The van der Waals surface area contributed by atoms with E-state index in [1.54, 1.807) is 26.0 Å². The van der Waals surface area contributed by atoms with E-state index in [9.17, 15) is 20.2 Å². The van der Waals surface area contributed by atoms with Crippen molar-refractivity contribution in [1.82, 2.24) is 4.98 Å².